The Morgan fingerprint density at radius 2 is 1.68 bits per heavy atom. The predicted octanol–water partition coefficient (Wildman–Crippen LogP) is 5.25. The highest BCUT2D eigenvalue weighted by atomic mass is 32.2. The summed E-state index contributed by atoms with van der Waals surface area (Å²) in [6.07, 6.45) is 9.66. The quantitative estimate of drug-likeness (QED) is 0.338. The monoisotopic (exact) mass is 411 g/mol. The van der Waals surface area contributed by atoms with E-state index >= 15 is 0 Å². The van der Waals surface area contributed by atoms with Gasteiger partial charge < -0.3 is 0 Å². The summed E-state index contributed by atoms with van der Waals surface area (Å²) in [6, 6.07) is 17.1. The summed E-state index contributed by atoms with van der Waals surface area (Å²) < 4.78 is 28.2. The van der Waals surface area contributed by atoms with E-state index in [4.69, 9.17) is 6.42 Å². The molecule has 2 aromatic carbocycles. The van der Waals surface area contributed by atoms with Crippen LogP contribution in [0, 0.1) is 19.3 Å². The van der Waals surface area contributed by atoms with Gasteiger partial charge in [0.15, 0.2) is 0 Å². The zero-order valence-corrected chi connectivity index (χ0v) is 18.9. The average molecular weight is 412 g/mol. The van der Waals surface area contributed by atoms with Gasteiger partial charge >= 0.3 is 0 Å². The molecule has 2 aromatic rings. The van der Waals surface area contributed by atoms with Gasteiger partial charge in [0.25, 0.3) is 0 Å². The Labute approximate surface area is 171 Å². The maximum absolute atomic E-state index is 13.4. The third-order valence-corrected chi connectivity index (χ3v) is 7.68. The van der Waals surface area contributed by atoms with Crippen molar-refractivity contribution < 1.29 is 8.42 Å². The smallest absolute Gasteiger partial charge is 0.207 e. The minimum Gasteiger partial charge on any atom is -0.207 e. The number of rotatable bonds is 8. The molecule has 2 rings (SSSR count). The Morgan fingerprint density at radius 3 is 2.21 bits per heavy atom. The van der Waals surface area contributed by atoms with Crippen molar-refractivity contribution in [1.29, 1.82) is 0 Å². The molecule has 148 valence electrons. The lowest BCUT2D eigenvalue weighted by Crippen LogP contribution is -2.34. The third-order valence-electron chi connectivity index (χ3n) is 4.37. The van der Waals surface area contributed by atoms with Crippen LogP contribution in [0.3, 0.4) is 0 Å². The van der Waals surface area contributed by atoms with Gasteiger partial charge in [-0.05, 0) is 30.7 Å². The van der Waals surface area contributed by atoms with E-state index in [2.05, 4.69) is 31.6 Å². The van der Waals surface area contributed by atoms with Crippen LogP contribution >= 0.6 is 0 Å². The maximum atomic E-state index is 13.4. The Hall–Kier alpha value is -2.13. The van der Waals surface area contributed by atoms with Crippen molar-refractivity contribution in [1.82, 2.24) is 4.31 Å². The summed E-state index contributed by atoms with van der Waals surface area (Å²) in [6.45, 7) is 8.81. The van der Waals surface area contributed by atoms with Crippen LogP contribution in [-0.2, 0) is 10.0 Å². The van der Waals surface area contributed by atoms with Gasteiger partial charge in [-0.1, -0.05) is 85.7 Å². The molecule has 0 aliphatic carbocycles. The predicted molar refractivity (Wildman–Crippen MR) is 120 cm³/mol. The summed E-state index contributed by atoms with van der Waals surface area (Å²) in [4.78, 5) is 0.257. The maximum Gasteiger partial charge on any atom is 0.244 e. The molecule has 0 N–H and O–H groups in total. The number of benzene rings is 2. The summed E-state index contributed by atoms with van der Waals surface area (Å²) in [7, 11) is -5.03. The number of allylic oxidation sites excluding steroid dienone is 1. The van der Waals surface area contributed by atoms with Crippen LogP contribution in [0.2, 0.25) is 25.7 Å². The molecule has 1 unspecified atom stereocenters. The molecular weight excluding hydrogens is 382 g/mol. The topological polar surface area (TPSA) is 37.4 Å². The van der Waals surface area contributed by atoms with Gasteiger partial charge in [0.05, 0.1) is 17.5 Å². The van der Waals surface area contributed by atoms with E-state index in [-0.39, 0.29) is 11.4 Å². The number of hydrogen-bond acceptors (Lipinski definition) is 2. The molecule has 0 fully saturated rings. The molecule has 0 spiro atoms. The van der Waals surface area contributed by atoms with E-state index in [9.17, 15) is 8.42 Å². The van der Waals surface area contributed by atoms with Crippen LogP contribution in [0.25, 0.3) is 0 Å². The van der Waals surface area contributed by atoms with Gasteiger partial charge in [0.1, 0.15) is 0 Å². The van der Waals surface area contributed by atoms with Crippen molar-refractivity contribution in [2.45, 2.75) is 43.5 Å². The van der Waals surface area contributed by atoms with E-state index in [1.807, 2.05) is 43.3 Å². The van der Waals surface area contributed by atoms with Crippen molar-refractivity contribution in [2.24, 2.45) is 0 Å². The molecule has 0 saturated heterocycles. The molecule has 0 aliphatic heterocycles. The fourth-order valence-corrected chi connectivity index (χ4v) is 5.17. The Balaban J connectivity index is 2.51. The molecule has 28 heavy (non-hydrogen) atoms. The molecule has 0 heterocycles. The van der Waals surface area contributed by atoms with Gasteiger partial charge in [0.2, 0.25) is 10.0 Å². The Kier molecular flexibility index (Phi) is 7.42. The van der Waals surface area contributed by atoms with Crippen molar-refractivity contribution in [3.63, 3.8) is 0 Å². The number of terminal acetylenes is 1. The van der Waals surface area contributed by atoms with E-state index in [0.29, 0.717) is 0 Å². The first-order valence-corrected chi connectivity index (χ1v) is 14.5. The second-order valence-electron chi connectivity index (χ2n) is 8.12. The third kappa shape index (κ3) is 5.93. The van der Waals surface area contributed by atoms with Gasteiger partial charge in [0, 0.05) is 8.07 Å². The largest absolute Gasteiger partial charge is 0.244 e. The van der Waals surface area contributed by atoms with Crippen LogP contribution in [0.5, 0.6) is 0 Å². The SMILES string of the molecule is C#CCN(C(/C=C/C[Si](C)(C)C)c1ccccc1)S(=O)(=O)c1ccc(C)cc1. The standard InChI is InChI=1S/C23H29NO2SSi/c1-6-18-24(27(25,26)22-16-14-20(2)15-17-22)23(13-10-19-28(3,4)5)21-11-8-7-9-12-21/h1,7-17,23H,18-19H2,2-5H3/b13-10+. The van der Waals surface area contributed by atoms with Crippen molar-refractivity contribution in [3.8, 4) is 12.3 Å². The second kappa shape index (κ2) is 9.38. The fraction of sp³-hybridized carbons (Fsp3) is 0.304. The first-order valence-electron chi connectivity index (χ1n) is 9.39. The van der Waals surface area contributed by atoms with Crippen LogP contribution in [0.15, 0.2) is 71.6 Å². The number of nitrogens with zero attached hydrogens (tertiary/aromatic N) is 1. The second-order valence-corrected chi connectivity index (χ2v) is 15.5. The molecule has 0 aliphatic rings. The van der Waals surface area contributed by atoms with E-state index in [1.165, 1.54) is 4.31 Å². The van der Waals surface area contributed by atoms with E-state index in [0.717, 1.165) is 17.2 Å². The summed E-state index contributed by atoms with van der Waals surface area (Å²) >= 11 is 0. The fourth-order valence-electron chi connectivity index (χ4n) is 2.84. The molecule has 0 bridgehead atoms. The lowest BCUT2D eigenvalue weighted by atomic mass is 10.1. The summed E-state index contributed by atoms with van der Waals surface area (Å²) in [5.41, 5.74) is 1.91. The molecule has 0 aromatic heterocycles. The normalized spacial score (nSPS) is 13.6. The molecule has 1 atom stereocenters. The first kappa shape index (κ1) is 22.2. The van der Waals surface area contributed by atoms with Crippen LogP contribution in [0.4, 0.5) is 0 Å². The molecule has 3 nitrogen and oxygen atoms in total. The van der Waals surface area contributed by atoms with E-state index in [1.54, 1.807) is 24.3 Å². The van der Waals surface area contributed by atoms with Crippen molar-refractivity contribution in [2.75, 3.05) is 6.54 Å². The zero-order chi connectivity index (χ0) is 20.8. The number of sulfonamides is 1. The molecule has 5 heteroatoms. The van der Waals surface area contributed by atoms with Gasteiger partial charge in [-0.15, -0.1) is 6.42 Å². The molecule has 0 amide bonds. The van der Waals surface area contributed by atoms with E-state index < -0.39 is 24.1 Å². The summed E-state index contributed by atoms with van der Waals surface area (Å²) in [5.74, 6) is 2.53. The van der Waals surface area contributed by atoms with Crippen molar-refractivity contribution in [3.05, 3.63) is 77.9 Å². The highest BCUT2D eigenvalue weighted by Crippen LogP contribution is 2.29. The van der Waals surface area contributed by atoms with Crippen LogP contribution < -0.4 is 0 Å². The van der Waals surface area contributed by atoms with Crippen molar-refractivity contribution >= 4 is 18.1 Å². The summed E-state index contributed by atoms with van der Waals surface area (Å²) in [5, 5.41) is 0. The van der Waals surface area contributed by atoms with Crippen LogP contribution in [-0.4, -0.2) is 27.3 Å². The van der Waals surface area contributed by atoms with Crippen LogP contribution in [0.1, 0.15) is 17.2 Å². The zero-order valence-electron chi connectivity index (χ0n) is 17.1. The number of aryl methyl sites for hydroxylation is 1. The number of hydrogen-bond donors (Lipinski definition) is 0. The molecule has 0 radical (unpaired) electrons. The Bertz CT molecular complexity index is 937. The molecular formula is C23H29NO2SSi. The lowest BCUT2D eigenvalue weighted by molar-refractivity contribution is 0.401. The lowest BCUT2D eigenvalue weighted by Gasteiger charge is -2.28. The Morgan fingerprint density at radius 1 is 1.07 bits per heavy atom. The highest BCUT2D eigenvalue weighted by Gasteiger charge is 2.30. The van der Waals surface area contributed by atoms with Gasteiger partial charge in [-0.2, -0.15) is 4.31 Å². The average Bonchev–Trinajstić information content (AvgIpc) is 2.64. The minimum absolute atomic E-state index is 0.00700. The first-order chi connectivity index (χ1) is 13.1. The highest BCUT2D eigenvalue weighted by molar-refractivity contribution is 7.89. The minimum atomic E-state index is -3.74. The molecule has 0 saturated carbocycles. The van der Waals surface area contributed by atoms with Gasteiger partial charge in [-0.3, -0.25) is 0 Å². The van der Waals surface area contributed by atoms with Gasteiger partial charge in [-0.25, -0.2) is 8.42 Å².